The molecule has 10 heteroatoms. The summed E-state index contributed by atoms with van der Waals surface area (Å²) in [6.45, 7) is 9.04. The Labute approximate surface area is 192 Å². The highest BCUT2D eigenvalue weighted by atomic mass is 35.5. The van der Waals surface area contributed by atoms with Gasteiger partial charge in [0.15, 0.2) is 5.16 Å². The monoisotopic (exact) mass is 467 g/mol. The molecule has 0 aliphatic carbocycles. The van der Waals surface area contributed by atoms with E-state index in [2.05, 4.69) is 33.5 Å². The van der Waals surface area contributed by atoms with Crippen LogP contribution in [0, 0.1) is 5.92 Å². The lowest BCUT2D eigenvalue weighted by atomic mass is 10.2. The van der Waals surface area contributed by atoms with E-state index in [4.69, 9.17) is 21.1 Å². The molecule has 1 aromatic carbocycles. The summed E-state index contributed by atoms with van der Waals surface area (Å²) in [5.41, 5.74) is 0. The molecule has 0 unspecified atom stereocenters. The number of benzene rings is 1. The van der Waals surface area contributed by atoms with Gasteiger partial charge in [-0.2, -0.15) is 0 Å². The van der Waals surface area contributed by atoms with Crippen molar-refractivity contribution in [3.63, 3.8) is 0 Å². The van der Waals surface area contributed by atoms with Gasteiger partial charge in [0.1, 0.15) is 12.4 Å². The maximum Gasteiger partial charge on any atom is 0.232 e. The van der Waals surface area contributed by atoms with Gasteiger partial charge in [-0.3, -0.25) is 9.36 Å². The summed E-state index contributed by atoms with van der Waals surface area (Å²) >= 11 is 7.30. The van der Waals surface area contributed by atoms with Crippen molar-refractivity contribution in [1.82, 2.24) is 19.7 Å². The molecule has 0 radical (unpaired) electrons. The number of thioether (sulfide) groups is 1. The highest BCUT2D eigenvalue weighted by Crippen LogP contribution is 2.24. The largest absolute Gasteiger partial charge is 0.492 e. The summed E-state index contributed by atoms with van der Waals surface area (Å²) in [4.78, 5) is 16.5. The Kier molecular flexibility index (Phi) is 8.86. The van der Waals surface area contributed by atoms with Crippen molar-refractivity contribution in [1.29, 1.82) is 0 Å². The molecule has 0 spiro atoms. The lowest BCUT2D eigenvalue weighted by Crippen LogP contribution is -2.38. The maximum atomic E-state index is 12.6. The molecule has 0 saturated carbocycles. The smallest absolute Gasteiger partial charge is 0.232 e. The zero-order valence-electron chi connectivity index (χ0n) is 18.3. The molecule has 1 aliphatic heterocycles. The SMILES string of the molecule is CC(C)Cn1c(SCC(=O)N(C)CCOc2ccc(Cl)cc2)nnc1N1CCOCC1. The minimum absolute atomic E-state index is 0.0247. The van der Waals surface area contributed by atoms with E-state index in [0.29, 0.717) is 43.1 Å². The van der Waals surface area contributed by atoms with Gasteiger partial charge < -0.3 is 19.3 Å². The van der Waals surface area contributed by atoms with E-state index in [9.17, 15) is 4.79 Å². The van der Waals surface area contributed by atoms with E-state index in [1.165, 1.54) is 11.8 Å². The summed E-state index contributed by atoms with van der Waals surface area (Å²) in [7, 11) is 1.78. The minimum Gasteiger partial charge on any atom is -0.492 e. The van der Waals surface area contributed by atoms with E-state index < -0.39 is 0 Å². The van der Waals surface area contributed by atoms with Crippen LogP contribution in [0.5, 0.6) is 5.75 Å². The molecule has 1 aromatic heterocycles. The van der Waals surface area contributed by atoms with E-state index in [-0.39, 0.29) is 5.91 Å². The number of carbonyl (C=O) groups excluding carboxylic acids is 1. The Morgan fingerprint density at radius 1 is 1.26 bits per heavy atom. The molecule has 31 heavy (non-hydrogen) atoms. The first kappa shape index (κ1) is 23.7. The molecule has 1 aliphatic rings. The van der Waals surface area contributed by atoms with Crippen LogP contribution in [0.1, 0.15) is 13.8 Å². The van der Waals surface area contributed by atoms with Crippen molar-refractivity contribution in [3.8, 4) is 5.75 Å². The third-order valence-corrected chi connectivity index (χ3v) is 6.00. The number of nitrogens with zero attached hydrogens (tertiary/aromatic N) is 5. The summed E-state index contributed by atoms with van der Waals surface area (Å²) < 4.78 is 13.2. The number of morpholine rings is 1. The van der Waals surface area contributed by atoms with Crippen LogP contribution in [0.15, 0.2) is 29.4 Å². The minimum atomic E-state index is 0.0247. The molecule has 170 valence electrons. The van der Waals surface area contributed by atoms with Gasteiger partial charge in [0.05, 0.1) is 25.5 Å². The van der Waals surface area contributed by atoms with Crippen LogP contribution in [-0.2, 0) is 16.1 Å². The summed E-state index contributed by atoms with van der Waals surface area (Å²) in [5.74, 6) is 2.36. The van der Waals surface area contributed by atoms with E-state index >= 15 is 0 Å². The average Bonchev–Trinajstić information content (AvgIpc) is 3.15. The third-order valence-electron chi connectivity index (χ3n) is 4.80. The van der Waals surface area contributed by atoms with Crippen LogP contribution >= 0.6 is 23.4 Å². The Balaban J connectivity index is 1.52. The van der Waals surface area contributed by atoms with Crippen molar-refractivity contribution >= 4 is 35.2 Å². The normalized spacial score (nSPS) is 14.2. The number of hydrogen-bond donors (Lipinski definition) is 0. The molecule has 8 nitrogen and oxygen atoms in total. The molecule has 1 amide bonds. The average molecular weight is 468 g/mol. The number of carbonyl (C=O) groups is 1. The number of hydrogen-bond acceptors (Lipinski definition) is 7. The van der Waals surface area contributed by atoms with Gasteiger partial charge in [-0.1, -0.05) is 37.2 Å². The molecule has 1 saturated heterocycles. The van der Waals surface area contributed by atoms with Gasteiger partial charge in [-0.15, -0.1) is 10.2 Å². The highest BCUT2D eigenvalue weighted by Gasteiger charge is 2.22. The molecule has 0 atom stereocenters. The second-order valence-electron chi connectivity index (χ2n) is 7.79. The number of ether oxygens (including phenoxy) is 2. The number of amides is 1. The van der Waals surface area contributed by atoms with Gasteiger partial charge in [-0.25, -0.2) is 0 Å². The van der Waals surface area contributed by atoms with Crippen molar-refractivity contribution in [2.24, 2.45) is 5.92 Å². The van der Waals surface area contributed by atoms with Crippen molar-refractivity contribution in [3.05, 3.63) is 29.3 Å². The maximum absolute atomic E-state index is 12.6. The fourth-order valence-corrected chi connectivity index (χ4v) is 4.11. The molecule has 2 heterocycles. The van der Waals surface area contributed by atoms with Crippen LogP contribution in [-0.4, -0.2) is 77.8 Å². The Hall–Kier alpha value is -1.97. The lowest BCUT2D eigenvalue weighted by Gasteiger charge is -2.28. The zero-order valence-corrected chi connectivity index (χ0v) is 19.9. The summed E-state index contributed by atoms with van der Waals surface area (Å²) in [6, 6.07) is 7.18. The number of halogens is 1. The van der Waals surface area contributed by atoms with Crippen molar-refractivity contribution < 1.29 is 14.3 Å². The molecular weight excluding hydrogens is 438 g/mol. The Morgan fingerprint density at radius 2 is 1.97 bits per heavy atom. The number of aromatic nitrogens is 3. The predicted octanol–water partition coefficient (Wildman–Crippen LogP) is 3.05. The van der Waals surface area contributed by atoms with Gasteiger partial charge >= 0.3 is 0 Å². The zero-order chi connectivity index (χ0) is 22.2. The van der Waals surface area contributed by atoms with Gasteiger partial charge in [0.2, 0.25) is 11.9 Å². The second-order valence-corrected chi connectivity index (χ2v) is 9.17. The molecule has 2 aromatic rings. The van der Waals surface area contributed by atoms with E-state index in [1.807, 2.05) is 12.1 Å². The topological polar surface area (TPSA) is 72.7 Å². The molecule has 3 rings (SSSR count). The fraction of sp³-hybridized carbons (Fsp3) is 0.571. The third kappa shape index (κ3) is 7.02. The summed E-state index contributed by atoms with van der Waals surface area (Å²) in [6.07, 6.45) is 0. The van der Waals surface area contributed by atoms with E-state index in [1.54, 1.807) is 24.1 Å². The van der Waals surface area contributed by atoms with Crippen LogP contribution in [0.4, 0.5) is 5.95 Å². The van der Waals surface area contributed by atoms with Crippen molar-refractivity contribution in [2.75, 3.05) is 57.2 Å². The van der Waals surface area contributed by atoms with Crippen LogP contribution in [0.2, 0.25) is 5.02 Å². The van der Waals surface area contributed by atoms with Crippen molar-refractivity contribution in [2.45, 2.75) is 25.5 Å². The molecular formula is C21H30ClN5O3S. The molecule has 1 fully saturated rings. The number of anilines is 1. The first-order valence-corrected chi connectivity index (χ1v) is 11.8. The highest BCUT2D eigenvalue weighted by molar-refractivity contribution is 7.99. The van der Waals surface area contributed by atoms with Crippen LogP contribution in [0.3, 0.4) is 0 Å². The number of likely N-dealkylation sites (N-methyl/N-ethyl adjacent to an activating group) is 1. The summed E-state index contributed by atoms with van der Waals surface area (Å²) in [5, 5.41) is 10.2. The first-order valence-electron chi connectivity index (χ1n) is 10.4. The number of rotatable bonds is 10. The first-order chi connectivity index (χ1) is 14.9. The molecule has 0 N–H and O–H groups in total. The standard InChI is InChI=1S/C21H30ClN5O3S/c1-16(2)14-27-20(26-9-11-29-12-10-26)23-24-21(27)31-15-19(28)25(3)8-13-30-18-6-4-17(22)5-7-18/h4-7,16H,8-15H2,1-3H3. The van der Waals surface area contributed by atoms with Crippen LogP contribution in [0.25, 0.3) is 0 Å². The van der Waals surface area contributed by atoms with Gasteiger partial charge in [0.25, 0.3) is 0 Å². The lowest BCUT2D eigenvalue weighted by molar-refractivity contribution is -0.127. The fourth-order valence-electron chi connectivity index (χ4n) is 3.10. The second kappa shape index (κ2) is 11.6. The van der Waals surface area contributed by atoms with E-state index in [0.717, 1.165) is 36.5 Å². The molecule has 0 bridgehead atoms. The Bertz CT molecular complexity index is 840. The Morgan fingerprint density at radius 3 is 2.65 bits per heavy atom. The van der Waals surface area contributed by atoms with Crippen LogP contribution < -0.4 is 9.64 Å². The predicted molar refractivity (Wildman–Crippen MR) is 123 cm³/mol. The van der Waals surface area contributed by atoms with Gasteiger partial charge in [-0.05, 0) is 30.2 Å². The quantitative estimate of drug-likeness (QED) is 0.497. The van der Waals surface area contributed by atoms with Gasteiger partial charge in [0, 0.05) is 31.7 Å².